The molecule has 356 valence electrons. The molecular formula is C48H74O15. The molecule has 0 unspecified atom stereocenters. The third kappa shape index (κ3) is 9.98. The molecule has 0 aromatic carbocycles. The molecule has 0 amide bonds. The van der Waals surface area contributed by atoms with Crippen LogP contribution < -0.4 is 0 Å². The molecule has 15 heteroatoms. The lowest BCUT2D eigenvalue weighted by atomic mass is 9.64. The minimum atomic E-state index is -1.94. The van der Waals surface area contributed by atoms with Crippen LogP contribution in [0.5, 0.6) is 0 Å². The highest BCUT2D eigenvalue weighted by Crippen LogP contribution is 2.50. The number of methoxy groups -OCH3 is 2. The van der Waals surface area contributed by atoms with Crippen LogP contribution in [0.4, 0.5) is 0 Å². The Morgan fingerprint density at radius 2 is 1.59 bits per heavy atom. The van der Waals surface area contributed by atoms with Crippen LogP contribution in [0.1, 0.15) is 100 Å². The highest BCUT2D eigenvalue weighted by molar-refractivity contribution is 5.76. The summed E-state index contributed by atoms with van der Waals surface area (Å²) in [7, 11) is 3.20. The van der Waals surface area contributed by atoms with Gasteiger partial charge in [-0.25, -0.2) is 0 Å². The number of fused-ring (bicyclic) bond motifs is 2. The van der Waals surface area contributed by atoms with Crippen LogP contribution in [0, 0.1) is 23.7 Å². The van der Waals surface area contributed by atoms with Crippen molar-refractivity contribution in [2.75, 3.05) is 20.8 Å². The Morgan fingerprint density at radius 1 is 0.889 bits per heavy atom. The van der Waals surface area contributed by atoms with Gasteiger partial charge in [-0.3, -0.25) is 4.79 Å². The molecule has 0 radical (unpaired) electrons. The fourth-order valence-electron chi connectivity index (χ4n) is 10.9. The van der Waals surface area contributed by atoms with Crippen LogP contribution in [-0.2, 0) is 52.2 Å². The van der Waals surface area contributed by atoms with E-state index in [1.54, 1.807) is 27.2 Å². The number of esters is 1. The standard InChI is InChI=1S/C48H74O15/c1-11-25(2)41-28(5)17-18-47(63-41)22-33-19-32(62-47)16-15-27(4)40(60-38-21-36(55-10)42(30(7)58-38)61-37-20-35(54-9)39(49)29(6)57-37)26(3)13-12-14-31-24-56-44-43(50)46(8,52)23-34(45(51)59-33)48(31,44)53/h12-15,17-18,25-26,28-30,32-44,49-50,52-53H,11,16,19-24H2,1-10H3/b13-12+,27-15+,31-14+/t25-,26-,28-,29-,30-,32+,33-,34-,35-,36-,37-,38-,39-,40-,41+,42-,43-,44+,46-,47+,48+/m0/s1. The summed E-state index contributed by atoms with van der Waals surface area (Å²) in [5.74, 6) is -2.90. The molecule has 6 heterocycles. The summed E-state index contributed by atoms with van der Waals surface area (Å²) in [6, 6.07) is 0. The van der Waals surface area contributed by atoms with Crippen LogP contribution in [0.3, 0.4) is 0 Å². The van der Waals surface area contributed by atoms with E-state index in [0.717, 1.165) is 12.0 Å². The van der Waals surface area contributed by atoms with Crippen molar-refractivity contribution in [3.8, 4) is 0 Å². The fraction of sp³-hybridized carbons (Fsp3) is 0.812. The van der Waals surface area contributed by atoms with E-state index in [9.17, 15) is 25.2 Å². The largest absolute Gasteiger partial charge is 0.462 e. The molecule has 1 spiro atoms. The minimum Gasteiger partial charge on any atom is -0.462 e. The van der Waals surface area contributed by atoms with E-state index in [2.05, 4.69) is 32.9 Å². The van der Waals surface area contributed by atoms with Gasteiger partial charge >= 0.3 is 5.97 Å². The van der Waals surface area contributed by atoms with Gasteiger partial charge in [0.05, 0.1) is 60.9 Å². The lowest BCUT2D eigenvalue weighted by Gasteiger charge is -2.50. The molecule has 15 nitrogen and oxygen atoms in total. The van der Waals surface area contributed by atoms with E-state index in [-0.39, 0.29) is 43.3 Å². The molecule has 7 aliphatic rings. The Morgan fingerprint density at radius 3 is 2.30 bits per heavy atom. The van der Waals surface area contributed by atoms with E-state index < -0.39 is 109 Å². The summed E-state index contributed by atoms with van der Waals surface area (Å²) < 4.78 is 63.5. The van der Waals surface area contributed by atoms with Gasteiger partial charge < -0.3 is 67.8 Å². The van der Waals surface area contributed by atoms with Crippen LogP contribution in [0.25, 0.3) is 0 Å². The van der Waals surface area contributed by atoms with E-state index in [4.69, 9.17) is 47.4 Å². The van der Waals surface area contributed by atoms with Crippen molar-refractivity contribution >= 4 is 5.97 Å². The third-order valence-corrected chi connectivity index (χ3v) is 15.0. The number of hydrogen-bond acceptors (Lipinski definition) is 15. The highest BCUT2D eigenvalue weighted by Gasteiger charge is 2.65. The van der Waals surface area contributed by atoms with Crippen molar-refractivity contribution < 1.29 is 72.6 Å². The van der Waals surface area contributed by atoms with Gasteiger partial charge in [0.25, 0.3) is 0 Å². The Balaban J connectivity index is 1.19. The van der Waals surface area contributed by atoms with Gasteiger partial charge in [0.1, 0.15) is 36.1 Å². The molecular weight excluding hydrogens is 817 g/mol. The first-order chi connectivity index (χ1) is 29.8. The monoisotopic (exact) mass is 891 g/mol. The maximum Gasteiger partial charge on any atom is 0.312 e. The van der Waals surface area contributed by atoms with Gasteiger partial charge in [-0.2, -0.15) is 0 Å². The molecule has 0 aromatic heterocycles. The molecule has 0 aromatic rings. The first-order valence-corrected chi connectivity index (χ1v) is 23.2. The van der Waals surface area contributed by atoms with Crippen LogP contribution >= 0.6 is 0 Å². The van der Waals surface area contributed by atoms with Gasteiger partial charge in [-0.15, -0.1) is 0 Å². The van der Waals surface area contributed by atoms with E-state index in [1.165, 1.54) is 6.92 Å². The quantitative estimate of drug-likeness (QED) is 0.196. The zero-order chi connectivity index (χ0) is 45.6. The second kappa shape index (κ2) is 19.6. The first kappa shape index (κ1) is 48.8. The van der Waals surface area contributed by atoms with Crippen LogP contribution in [0.15, 0.2) is 47.6 Å². The Labute approximate surface area is 373 Å². The number of ether oxygens (including phenoxy) is 10. The van der Waals surface area contributed by atoms with Crippen molar-refractivity contribution in [3.05, 3.63) is 47.6 Å². The van der Waals surface area contributed by atoms with Gasteiger partial charge in [0, 0.05) is 51.7 Å². The second-order valence-electron chi connectivity index (χ2n) is 19.7. The van der Waals surface area contributed by atoms with Crippen molar-refractivity contribution in [1.82, 2.24) is 0 Å². The highest BCUT2D eigenvalue weighted by atomic mass is 16.7. The van der Waals surface area contributed by atoms with Gasteiger partial charge in [-0.05, 0) is 63.7 Å². The predicted molar refractivity (Wildman–Crippen MR) is 229 cm³/mol. The van der Waals surface area contributed by atoms with E-state index in [0.29, 0.717) is 31.3 Å². The summed E-state index contributed by atoms with van der Waals surface area (Å²) in [5.41, 5.74) is -2.34. The zero-order valence-corrected chi connectivity index (χ0v) is 38.8. The van der Waals surface area contributed by atoms with Crippen LogP contribution in [-0.4, -0.2) is 150 Å². The number of allylic oxidation sites excluding steroid dienone is 2. The molecule has 2 bridgehead atoms. The number of carbonyl (C=O) groups excluding carboxylic acids is 1. The first-order valence-electron chi connectivity index (χ1n) is 23.2. The Kier molecular flexibility index (Phi) is 15.2. The second-order valence-corrected chi connectivity index (χ2v) is 19.7. The number of hydrogen-bond donors (Lipinski definition) is 4. The predicted octanol–water partition coefficient (Wildman–Crippen LogP) is 4.57. The lowest BCUT2D eigenvalue weighted by Crippen LogP contribution is -2.66. The molecule has 5 fully saturated rings. The van der Waals surface area contributed by atoms with E-state index in [1.807, 2.05) is 39.0 Å². The SMILES string of the molecule is CC[C@H](C)[C@H]1O[C@]2(C=C[C@@H]1C)C[C@@H]1C[C@@H](C/C=C(\C)[C@@H](O[C@H]3C[C@H](OC)[C@@H](O[C@H]4C[C@H](OC)[C@@H](O)[C@H](C)O4)[C@H](C)O3)[C@@H](C)/C=C/C=C3\CO[C@@H]4[C@H](O)[C@@](C)(O)C[C@@H](C(=O)O1)[C@]34O)O2. The van der Waals surface area contributed by atoms with Gasteiger partial charge in [0.15, 0.2) is 18.4 Å². The number of rotatable bonds is 8. The maximum absolute atomic E-state index is 14.4. The van der Waals surface area contributed by atoms with E-state index >= 15 is 0 Å². The molecule has 1 aliphatic carbocycles. The summed E-state index contributed by atoms with van der Waals surface area (Å²) in [5, 5.41) is 45.7. The van der Waals surface area contributed by atoms with Crippen molar-refractivity contribution in [2.45, 2.75) is 203 Å². The van der Waals surface area contributed by atoms with Crippen molar-refractivity contribution in [3.63, 3.8) is 0 Å². The molecule has 21 atom stereocenters. The topological polar surface area (TPSA) is 190 Å². The maximum atomic E-state index is 14.4. The fourth-order valence-corrected chi connectivity index (χ4v) is 10.9. The normalized spacial score (nSPS) is 51.0. The minimum absolute atomic E-state index is 0.0566. The Hall–Kier alpha value is -2.09. The van der Waals surface area contributed by atoms with Crippen LogP contribution in [0.2, 0.25) is 0 Å². The summed E-state index contributed by atoms with van der Waals surface area (Å²) >= 11 is 0. The number of carbonyl (C=O) groups is 1. The van der Waals surface area contributed by atoms with Gasteiger partial charge in [-0.1, -0.05) is 64.5 Å². The molecule has 6 aliphatic heterocycles. The van der Waals surface area contributed by atoms with Crippen molar-refractivity contribution in [2.24, 2.45) is 23.7 Å². The molecule has 4 N–H and O–H groups in total. The lowest BCUT2D eigenvalue weighted by molar-refractivity contribution is -0.318. The van der Waals surface area contributed by atoms with Crippen molar-refractivity contribution in [1.29, 1.82) is 0 Å². The molecule has 4 saturated heterocycles. The Bertz CT molecular complexity index is 1710. The average Bonchev–Trinajstić information content (AvgIpc) is 3.58. The zero-order valence-electron chi connectivity index (χ0n) is 38.8. The third-order valence-electron chi connectivity index (χ3n) is 15.0. The summed E-state index contributed by atoms with van der Waals surface area (Å²) in [4.78, 5) is 14.4. The average molecular weight is 891 g/mol. The number of aliphatic hydroxyl groups excluding tert-OH is 2. The molecule has 7 rings (SSSR count). The van der Waals surface area contributed by atoms with Gasteiger partial charge in [0.2, 0.25) is 0 Å². The molecule has 63 heavy (non-hydrogen) atoms. The summed E-state index contributed by atoms with van der Waals surface area (Å²) in [6.45, 7) is 15.6. The summed E-state index contributed by atoms with van der Waals surface area (Å²) in [6.07, 6.45) is 5.48. The smallest absolute Gasteiger partial charge is 0.312 e. The number of aliphatic hydroxyl groups is 4. The molecule has 1 saturated carbocycles.